The Bertz CT molecular complexity index is 1030. The first-order valence-corrected chi connectivity index (χ1v) is 8.32. The second-order valence-electron chi connectivity index (χ2n) is 6.18. The number of nitrogens with zero attached hydrogens (tertiary/aromatic N) is 2. The molecule has 0 unspecified atom stereocenters. The van der Waals surface area contributed by atoms with Crippen LogP contribution in [0.1, 0.15) is 17.7 Å². The second-order valence-corrected chi connectivity index (χ2v) is 6.18. The zero-order valence-electron chi connectivity index (χ0n) is 13.2. The van der Waals surface area contributed by atoms with Crippen LogP contribution in [0, 0.1) is 0 Å². The van der Waals surface area contributed by atoms with Gasteiger partial charge in [-0.05, 0) is 30.9 Å². The van der Waals surface area contributed by atoms with Gasteiger partial charge in [0.1, 0.15) is 0 Å². The summed E-state index contributed by atoms with van der Waals surface area (Å²) in [6.45, 7) is 0. The first-order chi connectivity index (χ1) is 11.9. The number of aromatic nitrogens is 2. The lowest BCUT2D eigenvalue weighted by Gasteiger charge is -2.09. The van der Waals surface area contributed by atoms with Crippen LogP contribution in [0.3, 0.4) is 0 Å². The molecule has 0 aliphatic heterocycles. The Hall–Kier alpha value is -2.94. The summed E-state index contributed by atoms with van der Waals surface area (Å²) in [7, 11) is 0. The maximum Gasteiger partial charge on any atom is 0.227 e. The van der Waals surface area contributed by atoms with Gasteiger partial charge in [-0.15, -0.1) is 0 Å². The van der Waals surface area contributed by atoms with E-state index in [1.54, 1.807) is 0 Å². The highest BCUT2D eigenvalue weighted by Gasteiger charge is 2.23. The number of para-hydroxylation sites is 1. The number of rotatable bonds is 2. The van der Waals surface area contributed by atoms with Crippen LogP contribution in [0.25, 0.3) is 33.7 Å². The third-order valence-corrected chi connectivity index (χ3v) is 4.70. The molecule has 4 aromatic rings. The maximum absolute atomic E-state index is 6.15. The molecular formula is C21H16N2O. The molecule has 0 fully saturated rings. The van der Waals surface area contributed by atoms with E-state index >= 15 is 0 Å². The third-order valence-electron chi connectivity index (χ3n) is 4.70. The highest BCUT2D eigenvalue weighted by molar-refractivity contribution is 5.95. The molecule has 0 bridgehead atoms. The van der Waals surface area contributed by atoms with Gasteiger partial charge in [0, 0.05) is 16.6 Å². The molecule has 2 aromatic carbocycles. The van der Waals surface area contributed by atoms with Gasteiger partial charge in [0.05, 0.1) is 17.3 Å². The van der Waals surface area contributed by atoms with Crippen molar-refractivity contribution in [2.75, 3.05) is 0 Å². The SMILES string of the molecule is c1ccc(-c2cnc(-c3c4c(nc5ccccc35)CCC4)o2)cc1. The van der Waals surface area contributed by atoms with Crippen molar-refractivity contribution < 1.29 is 4.42 Å². The number of fused-ring (bicyclic) bond motifs is 2. The Morgan fingerprint density at radius 3 is 2.62 bits per heavy atom. The molecule has 0 saturated heterocycles. The zero-order chi connectivity index (χ0) is 15.9. The fraction of sp³-hybridized carbons (Fsp3) is 0.143. The minimum Gasteiger partial charge on any atom is -0.436 e. The van der Waals surface area contributed by atoms with Gasteiger partial charge in [-0.2, -0.15) is 0 Å². The van der Waals surface area contributed by atoms with E-state index in [1.807, 2.05) is 42.6 Å². The van der Waals surface area contributed by atoms with E-state index in [4.69, 9.17) is 9.40 Å². The van der Waals surface area contributed by atoms with E-state index in [9.17, 15) is 0 Å². The van der Waals surface area contributed by atoms with Gasteiger partial charge in [0.15, 0.2) is 5.76 Å². The zero-order valence-corrected chi connectivity index (χ0v) is 13.2. The molecule has 3 nitrogen and oxygen atoms in total. The molecule has 5 rings (SSSR count). The number of pyridine rings is 1. The topological polar surface area (TPSA) is 38.9 Å². The maximum atomic E-state index is 6.15. The first-order valence-electron chi connectivity index (χ1n) is 8.32. The van der Waals surface area contributed by atoms with Crippen molar-refractivity contribution >= 4 is 10.9 Å². The Labute approximate surface area is 140 Å². The van der Waals surface area contributed by atoms with Crippen molar-refractivity contribution in [1.82, 2.24) is 9.97 Å². The molecule has 2 heterocycles. The van der Waals surface area contributed by atoms with E-state index in [1.165, 1.54) is 11.3 Å². The summed E-state index contributed by atoms with van der Waals surface area (Å²) in [6, 6.07) is 18.4. The minimum atomic E-state index is 0.700. The Morgan fingerprint density at radius 1 is 0.875 bits per heavy atom. The van der Waals surface area contributed by atoms with E-state index in [0.717, 1.165) is 47.1 Å². The van der Waals surface area contributed by atoms with Crippen LogP contribution >= 0.6 is 0 Å². The van der Waals surface area contributed by atoms with E-state index in [2.05, 4.69) is 23.2 Å². The minimum absolute atomic E-state index is 0.700. The van der Waals surface area contributed by atoms with Crippen molar-refractivity contribution in [1.29, 1.82) is 0 Å². The van der Waals surface area contributed by atoms with Crippen molar-refractivity contribution in [3.05, 3.63) is 72.1 Å². The molecule has 0 N–H and O–H groups in total. The van der Waals surface area contributed by atoms with Crippen LogP contribution in [0.4, 0.5) is 0 Å². The van der Waals surface area contributed by atoms with Crippen molar-refractivity contribution in [3.63, 3.8) is 0 Å². The molecule has 0 saturated carbocycles. The van der Waals surface area contributed by atoms with Gasteiger partial charge in [-0.3, -0.25) is 4.98 Å². The predicted molar refractivity (Wildman–Crippen MR) is 94.7 cm³/mol. The van der Waals surface area contributed by atoms with Crippen LogP contribution in [-0.4, -0.2) is 9.97 Å². The molecule has 1 aliphatic rings. The van der Waals surface area contributed by atoms with Crippen LogP contribution in [0.15, 0.2) is 65.2 Å². The molecule has 0 atom stereocenters. The predicted octanol–water partition coefficient (Wildman–Crippen LogP) is 5.05. The molecule has 1 aliphatic carbocycles. The fourth-order valence-corrected chi connectivity index (χ4v) is 3.58. The summed E-state index contributed by atoms with van der Waals surface area (Å²) in [4.78, 5) is 9.43. The van der Waals surface area contributed by atoms with Crippen molar-refractivity contribution in [2.45, 2.75) is 19.3 Å². The largest absolute Gasteiger partial charge is 0.436 e. The smallest absolute Gasteiger partial charge is 0.227 e. The monoisotopic (exact) mass is 312 g/mol. The lowest BCUT2D eigenvalue weighted by Crippen LogP contribution is -1.95. The molecule has 24 heavy (non-hydrogen) atoms. The summed E-state index contributed by atoms with van der Waals surface area (Å²) in [5.41, 5.74) is 5.69. The van der Waals surface area contributed by atoms with Crippen LogP contribution < -0.4 is 0 Å². The fourth-order valence-electron chi connectivity index (χ4n) is 3.58. The van der Waals surface area contributed by atoms with Crippen LogP contribution in [0.2, 0.25) is 0 Å². The van der Waals surface area contributed by atoms with E-state index in [-0.39, 0.29) is 0 Å². The number of oxazole rings is 1. The van der Waals surface area contributed by atoms with Gasteiger partial charge >= 0.3 is 0 Å². The summed E-state index contributed by atoms with van der Waals surface area (Å²) in [6.07, 6.45) is 5.06. The number of benzene rings is 2. The first kappa shape index (κ1) is 13.5. The van der Waals surface area contributed by atoms with Crippen LogP contribution in [0.5, 0.6) is 0 Å². The molecule has 116 valence electrons. The van der Waals surface area contributed by atoms with Gasteiger partial charge in [-0.25, -0.2) is 4.98 Å². The summed E-state index contributed by atoms with van der Waals surface area (Å²) in [5.74, 6) is 1.50. The standard InChI is InChI=1S/C21H16N2O/c1-2-7-14(8-3-1)19-13-22-21(24-19)20-15-9-4-5-11-17(15)23-18-12-6-10-16(18)20/h1-5,7-9,11,13H,6,10,12H2. The molecule has 0 spiro atoms. The highest BCUT2D eigenvalue weighted by Crippen LogP contribution is 2.37. The Morgan fingerprint density at radius 2 is 1.71 bits per heavy atom. The quantitative estimate of drug-likeness (QED) is 0.520. The lowest BCUT2D eigenvalue weighted by molar-refractivity contribution is 0.588. The molecule has 2 aromatic heterocycles. The molecular weight excluding hydrogens is 296 g/mol. The van der Waals surface area contributed by atoms with E-state index < -0.39 is 0 Å². The van der Waals surface area contributed by atoms with Gasteiger partial charge < -0.3 is 4.42 Å². The summed E-state index contributed by atoms with van der Waals surface area (Å²) >= 11 is 0. The highest BCUT2D eigenvalue weighted by atomic mass is 16.4. The Kier molecular flexibility index (Phi) is 2.98. The number of hydrogen-bond acceptors (Lipinski definition) is 3. The lowest BCUT2D eigenvalue weighted by atomic mass is 10.0. The van der Waals surface area contributed by atoms with Crippen molar-refractivity contribution in [3.8, 4) is 22.8 Å². The van der Waals surface area contributed by atoms with Gasteiger partial charge in [-0.1, -0.05) is 48.5 Å². The van der Waals surface area contributed by atoms with E-state index in [0.29, 0.717) is 5.89 Å². The number of aryl methyl sites for hydroxylation is 1. The third kappa shape index (κ3) is 2.05. The summed E-state index contributed by atoms with van der Waals surface area (Å²) < 4.78 is 6.15. The normalized spacial score (nSPS) is 13.3. The van der Waals surface area contributed by atoms with Crippen LogP contribution in [-0.2, 0) is 12.8 Å². The Balaban J connectivity index is 1.74. The average Bonchev–Trinajstić information content (AvgIpc) is 3.30. The molecule has 0 radical (unpaired) electrons. The molecule has 3 heteroatoms. The second kappa shape index (κ2) is 5.31. The van der Waals surface area contributed by atoms with Crippen molar-refractivity contribution in [2.24, 2.45) is 0 Å². The average molecular weight is 312 g/mol. The van der Waals surface area contributed by atoms with Gasteiger partial charge in [0.2, 0.25) is 5.89 Å². The number of hydrogen-bond donors (Lipinski definition) is 0. The molecule has 0 amide bonds. The van der Waals surface area contributed by atoms with Gasteiger partial charge in [0.25, 0.3) is 0 Å². The summed E-state index contributed by atoms with van der Waals surface area (Å²) in [5, 5.41) is 1.12.